The van der Waals surface area contributed by atoms with E-state index in [1.807, 2.05) is 21.5 Å². The molecule has 7 heteroatoms. The van der Waals surface area contributed by atoms with E-state index in [4.69, 9.17) is 17.0 Å². The second-order valence-corrected chi connectivity index (χ2v) is 5.04. The second kappa shape index (κ2) is 5.26. The van der Waals surface area contributed by atoms with Gasteiger partial charge in [0, 0.05) is 19.3 Å². The number of aromatic amines is 1. The quantitative estimate of drug-likeness (QED) is 0.870. The minimum absolute atomic E-state index is 0.233. The maximum absolute atomic E-state index is 5.66. The number of hydrogen-bond acceptors (Lipinski definition) is 4. The zero-order chi connectivity index (χ0) is 13.2. The summed E-state index contributed by atoms with van der Waals surface area (Å²) in [7, 11) is 0. The van der Waals surface area contributed by atoms with E-state index in [9.17, 15) is 0 Å². The van der Waals surface area contributed by atoms with Crippen LogP contribution in [-0.2, 0) is 17.8 Å². The van der Waals surface area contributed by atoms with Gasteiger partial charge in [-0.2, -0.15) is 10.2 Å². The van der Waals surface area contributed by atoms with Crippen molar-refractivity contribution in [3.8, 4) is 11.5 Å². The van der Waals surface area contributed by atoms with Crippen molar-refractivity contribution in [2.24, 2.45) is 0 Å². The Bertz CT molecular complexity index is 608. The molecule has 0 amide bonds. The van der Waals surface area contributed by atoms with Crippen LogP contribution < -0.4 is 0 Å². The highest BCUT2D eigenvalue weighted by molar-refractivity contribution is 7.71. The first-order valence-corrected chi connectivity index (χ1v) is 6.99. The van der Waals surface area contributed by atoms with Crippen molar-refractivity contribution >= 4 is 12.2 Å². The van der Waals surface area contributed by atoms with Gasteiger partial charge >= 0.3 is 0 Å². The van der Waals surface area contributed by atoms with Crippen molar-refractivity contribution in [1.82, 2.24) is 24.5 Å². The highest BCUT2D eigenvalue weighted by Crippen LogP contribution is 2.19. The van der Waals surface area contributed by atoms with Gasteiger partial charge in [0.15, 0.2) is 10.6 Å². The molecule has 1 saturated heterocycles. The predicted octanol–water partition coefficient (Wildman–Crippen LogP) is 2.00. The lowest BCUT2D eigenvalue weighted by atomic mass is 10.2. The van der Waals surface area contributed by atoms with Crippen LogP contribution in [0.5, 0.6) is 0 Å². The molecule has 2 aromatic rings. The van der Waals surface area contributed by atoms with Crippen LogP contribution in [0.2, 0.25) is 0 Å². The topological polar surface area (TPSA) is 60.7 Å². The third-order valence-corrected chi connectivity index (χ3v) is 3.67. The van der Waals surface area contributed by atoms with E-state index in [0.717, 1.165) is 44.1 Å². The second-order valence-electron chi connectivity index (χ2n) is 4.65. The first-order chi connectivity index (χ1) is 9.28. The molecule has 1 aliphatic rings. The first kappa shape index (κ1) is 12.6. The van der Waals surface area contributed by atoms with Gasteiger partial charge in [0.1, 0.15) is 5.69 Å². The Kier molecular flexibility index (Phi) is 3.48. The molecule has 1 N–H and O–H groups in total. The van der Waals surface area contributed by atoms with E-state index >= 15 is 0 Å². The molecule has 1 fully saturated rings. The zero-order valence-corrected chi connectivity index (χ0v) is 11.7. The SMILES string of the molecule is CCn1ccc(-c2n[nH]c(=S)n2C[C@H]2CCCO2)n1. The maximum Gasteiger partial charge on any atom is 0.195 e. The Morgan fingerprint density at radius 2 is 2.47 bits per heavy atom. The predicted molar refractivity (Wildman–Crippen MR) is 73.3 cm³/mol. The lowest BCUT2D eigenvalue weighted by Crippen LogP contribution is -2.16. The Hall–Kier alpha value is -1.47. The van der Waals surface area contributed by atoms with Crippen LogP contribution in [0.4, 0.5) is 0 Å². The molecule has 102 valence electrons. The molecule has 2 aromatic heterocycles. The third-order valence-electron chi connectivity index (χ3n) is 3.36. The number of aromatic nitrogens is 5. The summed E-state index contributed by atoms with van der Waals surface area (Å²) < 4.78 is 10.1. The van der Waals surface area contributed by atoms with E-state index in [0.29, 0.717) is 4.77 Å². The summed E-state index contributed by atoms with van der Waals surface area (Å²) in [5.41, 5.74) is 0.840. The van der Waals surface area contributed by atoms with E-state index in [2.05, 4.69) is 22.2 Å². The Morgan fingerprint density at radius 3 is 3.16 bits per heavy atom. The van der Waals surface area contributed by atoms with Crippen LogP contribution in [0.15, 0.2) is 12.3 Å². The molecular formula is C12H17N5OS. The van der Waals surface area contributed by atoms with Crippen molar-refractivity contribution in [3.63, 3.8) is 0 Å². The summed E-state index contributed by atoms with van der Waals surface area (Å²) in [5.74, 6) is 0.785. The highest BCUT2D eigenvalue weighted by atomic mass is 32.1. The smallest absolute Gasteiger partial charge is 0.195 e. The van der Waals surface area contributed by atoms with Crippen molar-refractivity contribution in [3.05, 3.63) is 17.0 Å². The molecule has 0 spiro atoms. The third kappa shape index (κ3) is 2.48. The molecule has 3 rings (SSSR count). The minimum Gasteiger partial charge on any atom is -0.376 e. The fraction of sp³-hybridized carbons (Fsp3) is 0.583. The summed E-state index contributed by atoms with van der Waals surface area (Å²) in [6.07, 6.45) is 4.38. The van der Waals surface area contributed by atoms with E-state index in [-0.39, 0.29) is 6.10 Å². The molecule has 0 aromatic carbocycles. The van der Waals surface area contributed by atoms with E-state index < -0.39 is 0 Å². The van der Waals surface area contributed by atoms with Gasteiger partial charge in [-0.15, -0.1) is 0 Å². The van der Waals surface area contributed by atoms with Gasteiger partial charge in [0.05, 0.1) is 12.6 Å². The monoisotopic (exact) mass is 279 g/mol. The van der Waals surface area contributed by atoms with Crippen LogP contribution in [-0.4, -0.2) is 37.3 Å². The van der Waals surface area contributed by atoms with Gasteiger partial charge in [-0.25, -0.2) is 0 Å². The summed E-state index contributed by atoms with van der Waals surface area (Å²) >= 11 is 5.30. The van der Waals surface area contributed by atoms with Gasteiger partial charge in [-0.3, -0.25) is 14.3 Å². The largest absolute Gasteiger partial charge is 0.376 e. The molecule has 3 heterocycles. The first-order valence-electron chi connectivity index (χ1n) is 6.58. The Balaban J connectivity index is 1.90. The Labute approximate surface area is 116 Å². The van der Waals surface area contributed by atoms with Crippen molar-refractivity contribution in [1.29, 1.82) is 0 Å². The minimum atomic E-state index is 0.233. The normalized spacial score (nSPS) is 19.1. The number of rotatable bonds is 4. The lowest BCUT2D eigenvalue weighted by Gasteiger charge is -2.11. The van der Waals surface area contributed by atoms with Crippen LogP contribution in [0.25, 0.3) is 11.5 Å². The molecule has 0 bridgehead atoms. The number of ether oxygens (including phenoxy) is 1. The lowest BCUT2D eigenvalue weighted by molar-refractivity contribution is 0.0969. The zero-order valence-electron chi connectivity index (χ0n) is 10.9. The molecule has 0 aliphatic carbocycles. The van der Waals surface area contributed by atoms with Gasteiger partial charge in [0.25, 0.3) is 0 Å². The fourth-order valence-electron chi connectivity index (χ4n) is 2.33. The highest BCUT2D eigenvalue weighted by Gasteiger charge is 2.19. The summed E-state index contributed by atoms with van der Waals surface area (Å²) in [5, 5.41) is 11.6. The van der Waals surface area contributed by atoms with Gasteiger partial charge in [-0.05, 0) is 38.0 Å². The van der Waals surface area contributed by atoms with Gasteiger partial charge < -0.3 is 4.74 Å². The van der Waals surface area contributed by atoms with Gasteiger partial charge in [-0.1, -0.05) is 0 Å². The van der Waals surface area contributed by atoms with Crippen LogP contribution in [0.1, 0.15) is 19.8 Å². The number of H-pyrrole nitrogens is 1. The average Bonchev–Trinajstić information content (AvgIpc) is 3.12. The molecule has 19 heavy (non-hydrogen) atoms. The van der Waals surface area contributed by atoms with Crippen molar-refractivity contribution in [2.75, 3.05) is 6.61 Å². The molecule has 6 nitrogen and oxygen atoms in total. The summed E-state index contributed by atoms with van der Waals surface area (Å²) in [6.45, 7) is 4.48. The maximum atomic E-state index is 5.66. The van der Waals surface area contributed by atoms with Crippen LogP contribution in [0.3, 0.4) is 0 Å². The van der Waals surface area contributed by atoms with Gasteiger partial charge in [0.2, 0.25) is 0 Å². The van der Waals surface area contributed by atoms with Crippen molar-refractivity contribution in [2.45, 2.75) is 39.0 Å². The standard InChI is InChI=1S/C12H17N5OS/c1-2-16-6-5-10(15-16)11-13-14-12(19)17(11)8-9-4-3-7-18-9/h5-6,9H,2-4,7-8H2,1H3,(H,14,19)/t9-/m1/s1. The van der Waals surface area contributed by atoms with E-state index in [1.165, 1.54) is 0 Å². The summed E-state index contributed by atoms with van der Waals surface area (Å²) in [4.78, 5) is 0. The van der Waals surface area contributed by atoms with Crippen LogP contribution >= 0.6 is 12.2 Å². The fourth-order valence-corrected chi connectivity index (χ4v) is 2.54. The Morgan fingerprint density at radius 1 is 1.58 bits per heavy atom. The van der Waals surface area contributed by atoms with E-state index in [1.54, 1.807) is 0 Å². The molecule has 0 radical (unpaired) electrons. The molecule has 0 saturated carbocycles. The molecule has 0 unspecified atom stereocenters. The van der Waals surface area contributed by atoms with Crippen LogP contribution in [0, 0.1) is 4.77 Å². The molecule has 1 aliphatic heterocycles. The number of nitrogens with one attached hydrogen (secondary N) is 1. The molecule has 1 atom stereocenters. The molecular weight excluding hydrogens is 262 g/mol. The number of nitrogens with zero attached hydrogens (tertiary/aromatic N) is 4. The number of aryl methyl sites for hydroxylation is 1. The van der Waals surface area contributed by atoms with Crippen molar-refractivity contribution < 1.29 is 4.74 Å². The average molecular weight is 279 g/mol. The summed E-state index contributed by atoms with van der Waals surface area (Å²) in [6, 6.07) is 1.96. The number of hydrogen-bond donors (Lipinski definition) is 1.